The van der Waals surface area contributed by atoms with Gasteiger partial charge in [0.05, 0.1) is 13.2 Å². The second-order valence-corrected chi connectivity index (χ2v) is 3.85. The van der Waals surface area contributed by atoms with Crippen LogP contribution >= 0.6 is 11.6 Å². The summed E-state index contributed by atoms with van der Waals surface area (Å²) in [5.41, 5.74) is 2.74. The number of hydrogen-bond donors (Lipinski definition) is 1. The van der Waals surface area contributed by atoms with E-state index >= 15 is 0 Å². The highest BCUT2D eigenvalue weighted by Gasteiger charge is 2.09. The third-order valence-electron chi connectivity index (χ3n) is 2.28. The van der Waals surface area contributed by atoms with Crippen LogP contribution in [0.5, 0.6) is 5.88 Å². The standard InChI is InChI=1S/C12H14ClN3O2/c1-2-17-12-10-6-4-3-5-9(10)11(14-15-12)16-18-8-7-13/h3-6H,2,7-8H2,1H3,(H,14,16). The topological polar surface area (TPSA) is 56.3 Å². The van der Waals surface area contributed by atoms with Crippen LogP contribution in [0.2, 0.25) is 0 Å². The first-order valence-corrected chi connectivity index (χ1v) is 6.22. The first-order valence-electron chi connectivity index (χ1n) is 5.68. The number of nitrogens with one attached hydrogen (secondary N) is 1. The molecule has 0 saturated carbocycles. The maximum absolute atomic E-state index is 5.53. The van der Waals surface area contributed by atoms with Crippen molar-refractivity contribution in [3.8, 4) is 5.88 Å². The van der Waals surface area contributed by atoms with E-state index in [-0.39, 0.29) is 0 Å². The molecule has 2 aromatic rings. The molecule has 0 aliphatic rings. The summed E-state index contributed by atoms with van der Waals surface area (Å²) < 4.78 is 5.44. The number of nitrogens with zero attached hydrogens (tertiary/aromatic N) is 2. The Morgan fingerprint density at radius 3 is 2.72 bits per heavy atom. The lowest BCUT2D eigenvalue weighted by Crippen LogP contribution is -2.07. The third-order valence-corrected chi connectivity index (χ3v) is 2.44. The van der Waals surface area contributed by atoms with E-state index in [0.717, 1.165) is 10.8 Å². The lowest BCUT2D eigenvalue weighted by molar-refractivity contribution is 0.211. The number of ether oxygens (including phenoxy) is 1. The highest BCUT2D eigenvalue weighted by molar-refractivity contribution is 6.17. The van der Waals surface area contributed by atoms with E-state index in [9.17, 15) is 0 Å². The SMILES string of the molecule is CCOc1nnc(NOCCCl)c2ccccc12. The monoisotopic (exact) mass is 267 g/mol. The van der Waals surface area contributed by atoms with Crippen LogP contribution in [0, 0.1) is 0 Å². The molecule has 0 spiro atoms. The van der Waals surface area contributed by atoms with Crippen molar-refractivity contribution in [3.63, 3.8) is 0 Å². The van der Waals surface area contributed by atoms with Gasteiger partial charge in [-0.15, -0.1) is 21.8 Å². The molecular formula is C12H14ClN3O2. The minimum absolute atomic E-state index is 0.394. The second kappa shape index (κ2) is 6.37. The highest BCUT2D eigenvalue weighted by Crippen LogP contribution is 2.27. The molecule has 0 saturated heterocycles. The Morgan fingerprint density at radius 1 is 1.22 bits per heavy atom. The van der Waals surface area contributed by atoms with Crippen LogP contribution in [-0.2, 0) is 4.84 Å². The fourth-order valence-electron chi connectivity index (χ4n) is 1.56. The molecule has 0 fully saturated rings. The molecule has 6 heteroatoms. The zero-order valence-corrected chi connectivity index (χ0v) is 10.8. The molecule has 18 heavy (non-hydrogen) atoms. The number of fused-ring (bicyclic) bond motifs is 1. The van der Waals surface area contributed by atoms with E-state index in [0.29, 0.717) is 30.8 Å². The molecule has 0 unspecified atom stereocenters. The highest BCUT2D eigenvalue weighted by atomic mass is 35.5. The second-order valence-electron chi connectivity index (χ2n) is 3.47. The van der Waals surface area contributed by atoms with Gasteiger partial charge in [0.2, 0.25) is 5.88 Å². The number of aromatic nitrogens is 2. The summed E-state index contributed by atoms with van der Waals surface area (Å²) in [7, 11) is 0. The lowest BCUT2D eigenvalue weighted by Gasteiger charge is -2.10. The predicted octanol–water partition coefficient (Wildman–Crippen LogP) is 2.61. The predicted molar refractivity (Wildman–Crippen MR) is 71.0 cm³/mol. The summed E-state index contributed by atoms with van der Waals surface area (Å²) in [5, 5.41) is 9.86. The van der Waals surface area contributed by atoms with Crippen molar-refractivity contribution in [2.45, 2.75) is 6.92 Å². The van der Waals surface area contributed by atoms with E-state index in [4.69, 9.17) is 21.2 Å². The quantitative estimate of drug-likeness (QED) is 0.495. The molecule has 5 nitrogen and oxygen atoms in total. The van der Waals surface area contributed by atoms with Gasteiger partial charge in [0.15, 0.2) is 5.82 Å². The van der Waals surface area contributed by atoms with Gasteiger partial charge in [0, 0.05) is 16.7 Å². The summed E-state index contributed by atoms with van der Waals surface area (Å²) in [6, 6.07) is 7.71. The fraction of sp³-hybridized carbons (Fsp3) is 0.333. The minimum atomic E-state index is 0.394. The average molecular weight is 268 g/mol. The van der Waals surface area contributed by atoms with E-state index in [1.54, 1.807) is 0 Å². The average Bonchev–Trinajstić information content (AvgIpc) is 2.41. The Kier molecular flexibility index (Phi) is 4.55. The van der Waals surface area contributed by atoms with Crippen molar-refractivity contribution in [1.29, 1.82) is 0 Å². The zero-order chi connectivity index (χ0) is 12.8. The summed E-state index contributed by atoms with van der Waals surface area (Å²) in [6.07, 6.45) is 0. The van der Waals surface area contributed by atoms with Crippen molar-refractivity contribution >= 4 is 28.2 Å². The number of anilines is 1. The first-order chi connectivity index (χ1) is 8.86. The third kappa shape index (κ3) is 2.80. The lowest BCUT2D eigenvalue weighted by atomic mass is 10.2. The molecule has 0 bridgehead atoms. The van der Waals surface area contributed by atoms with Crippen LogP contribution in [0.4, 0.5) is 5.82 Å². The van der Waals surface area contributed by atoms with Gasteiger partial charge in [0.25, 0.3) is 0 Å². The van der Waals surface area contributed by atoms with Crippen LogP contribution in [0.1, 0.15) is 6.92 Å². The fourth-order valence-corrected chi connectivity index (χ4v) is 1.63. The van der Waals surface area contributed by atoms with E-state index in [1.807, 2.05) is 31.2 Å². The van der Waals surface area contributed by atoms with Crippen LogP contribution in [-0.4, -0.2) is 29.3 Å². The first kappa shape index (κ1) is 12.9. The van der Waals surface area contributed by atoms with E-state index in [2.05, 4.69) is 15.7 Å². The van der Waals surface area contributed by atoms with Crippen LogP contribution in [0.3, 0.4) is 0 Å². The number of alkyl halides is 1. The molecule has 0 amide bonds. The summed E-state index contributed by atoms with van der Waals surface area (Å²) in [6.45, 7) is 2.85. The minimum Gasteiger partial charge on any atom is -0.476 e. The Balaban J connectivity index is 2.34. The van der Waals surface area contributed by atoms with Gasteiger partial charge < -0.3 is 4.74 Å². The van der Waals surface area contributed by atoms with Crippen molar-refractivity contribution in [2.24, 2.45) is 0 Å². The normalized spacial score (nSPS) is 10.6. The van der Waals surface area contributed by atoms with Crippen LogP contribution in [0.25, 0.3) is 10.8 Å². The van der Waals surface area contributed by atoms with Crippen LogP contribution < -0.4 is 10.2 Å². The Bertz CT molecular complexity index is 522. The van der Waals surface area contributed by atoms with Crippen LogP contribution in [0.15, 0.2) is 24.3 Å². The molecule has 1 aromatic heterocycles. The molecule has 0 aliphatic heterocycles. The number of rotatable bonds is 6. The van der Waals surface area contributed by atoms with E-state index in [1.165, 1.54) is 0 Å². The van der Waals surface area contributed by atoms with Gasteiger partial charge in [-0.3, -0.25) is 4.84 Å². The van der Waals surface area contributed by atoms with Crippen molar-refractivity contribution in [3.05, 3.63) is 24.3 Å². The Labute approximate surface area is 110 Å². The van der Waals surface area contributed by atoms with E-state index < -0.39 is 0 Å². The molecule has 1 heterocycles. The maximum atomic E-state index is 5.53. The molecular weight excluding hydrogens is 254 g/mol. The van der Waals surface area contributed by atoms with Crippen molar-refractivity contribution in [2.75, 3.05) is 24.6 Å². The van der Waals surface area contributed by atoms with Gasteiger partial charge in [-0.05, 0) is 13.0 Å². The van der Waals surface area contributed by atoms with Gasteiger partial charge in [-0.1, -0.05) is 18.2 Å². The molecule has 1 aromatic carbocycles. The van der Waals surface area contributed by atoms with Gasteiger partial charge in [0.1, 0.15) is 0 Å². The van der Waals surface area contributed by atoms with Gasteiger partial charge in [-0.25, -0.2) is 5.48 Å². The smallest absolute Gasteiger partial charge is 0.241 e. The molecule has 0 radical (unpaired) electrons. The Hall–Kier alpha value is -1.59. The van der Waals surface area contributed by atoms with Gasteiger partial charge >= 0.3 is 0 Å². The van der Waals surface area contributed by atoms with Crippen molar-refractivity contribution < 1.29 is 9.57 Å². The molecule has 96 valence electrons. The summed E-state index contributed by atoms with van der Waals surface area (Å²) >= 11 is 5.53. The summed E-state index contributed by atoms with van der Waals surface area (Å²) in [4.78, 5) is 5.15. The van der Waals surface area contributed by atoms with Crippen molar-refractivity contribution in [1.82, 2.24) is 10.2 Å². The molecule has 1 N–H and O–H groups in total. The largest absolute Gasteiger partial charge is 0.476 e. The zero-order valence-electron chi connectivity index (χ0n) is 10.0. The van der Waals surface area contributed by atoms with Gasteiger partial charge in [-0.2, -0.15) is 0 Å². The molecule has 0 atom stereocenters. The Morgan fingerprint density at radius 2 is 2.00 bits per heavy atom. The maximum Gasteiger partial charge on any atom is 0.241 e. The number of benzene rings is 1. The molecule has 2 rings (SSSR count). The molecule has 0 aliphatic carbocycles. The number of hydrogen-bond acceptors (Lipinski definition) is 5. The number of halogens is 1. The summed E-state index contributed by atoms with van der Waals surface area (Å²) in [5.74, 6) is 1.49.